The third-order valence-corrected chi connectivity index (χ3v) is 3.70. The molecule has 0 aliphatic heterocycles. The lowest BCUT2D eigenvalue weighted by Gasteiger charge is -2.24. The molecule has 1 N–H and O–H groups in total. The molecule has 2 aromatic rings. The second-order valence-corrected chi connectivity index (χ2v) is 5.33. The Kier molecular flexibility index (Phi) is 5.05. The van der Waals surface area contributed by atoms with E-state index >= 15 is 0 Å². The van der Waals surface area contributed by atoms with Crippen molar-refractivity contribution in [2.75, 3.05) is 18.5 Å². The van der Waals surface area contributed by atoms with Crippen LogP contribution in [0, 0.1) is 6.92 Å². The van der Waals surface area contributed by atoms with Crippen molar-refractivity contribution in [2.24, 2.45) is 0 Å². The molecule has 2 aromatic carbocycles. The number of anilines is 2. The number of hydrogen-bond acceptors (Lipinski definition) is 2. The van der Waals surface area contributed by atoms with E-state index in [-0.39, 0.29) is 0 Å². The summed E-state index contributed by atoms with van der Waals surface area (Å²) >= 11 is 6.41. The van der Waals surface area contributed by atoms with Gasteiger partial charge in [-0.15, -0.1) is 0 Å². The number of nitrogens with zero attached hydrogens (tertiary/aromatic N) is 1. The van der Waals surface area contributed by atoms with Crippen LogP contribution in [0.5, 0.6) is 0 Å². The monoisotopic (exact) mass is 288 g/mol. The number of para-hydroxylation sites is 1. The van der Waals surface area contributed by atoms with Crippen molar-refractivity contribution >= 4 is 23.0 Å². The van der Waals surface area contributed by atoms with Crippen LogP contribution in [0.15, 0.2) is 42.5 Å². The molecule has 0 fully saturated rings. The molecule has 0 spiro atoms. The van der Waals surface area contributed by atoms with Gasteiger partial charge >= 0.3 is 0 Å². The van der Waals surface area contributed by atoms with Crippen molar-refractivity contribution in [3.63, 3.8) is 0 Å². The lowest BCUT2D eigenvalue weighted by Crippen LogP contribution is -2.17. The maximum absolute atomic E-state index is 6.41. The van der Waals surface area contributed by atoms with Crippen LogP contribution in [0.2, 0.25) is 5.02 Å². The highest BCUT2D eigenvalue weighted by atomic mass is 35.5. The summed E-state index contributed by atoms with van der Waals surface area (Å²) in [7, 11) is 2.06. The molecule has 0 saturated carbocycles. The van der Waals surface area contributed by atoms with Crippen LogP contribution in [0.4, 0.5) is 11.4 Å². The van der Waals surface area contributed by atoms with Gasteiger partial charge in [-0.3, -0.25) is 0 Å². The molecule has 0 aliphatic carbocycles. The van der Waals surface area contributed by atoms with Gasteiger partial charge in [-0.25, -0.2) is 0 Å². The number of benzene rings is 2. The Labute approximate surface area is 126 Å². The SMILES string of the molecule is CCNCc1cccc(Cl)c1N(C)c1ccc(C)cc1. The van der Waals surface area contributed by atoms with Gasteiger partial charge in [0.15, 0.2) is 0 Å². The number of nitrogens with one attached hydrogen (secondary N) is 1. The highest BCUT2D eigenvalue weighted by Crippen LogP contribution is 2.34. The van der Waals surface area contributed by atoms with Gasteiger partial charge in [-0.05, 0) is 37.2 Å². The number of halogens is 1. The molecule has 0 aliphatic rings. The van der Waals surface area contributed by atoms with Crippen LogP contribution >= 0.6 is 11.6 Å². The Morgan fingerprint density at radius 2 is 1.80 bits per heavy atom. The van der Waals surface area contributed by atoms with E-state index in [0.29, 0.717) is 0 Å². The average molecular weight is 289 g/mol. The third-order valence-electron chi connectivity index (χ3n) is 3.39. The first-order valence-electron chi connectivity index (χ1n) is 6.92. The van der Waals surface area contributed by atoms with E-state index in [1.165, 1.54) is 11.1 Å². The Bertz CT molecular complexity index is 564. The second-order valence-electron chi connectivity index (χ2n) is 4.92. The molecule has 0 saturated heterocycles. The Balaban J connectivity index is 2.37. The molecule has 0 atom stereocenters. The van der Waals surface area contributed by atoms with Crippen LogP contribution in [0.3, 0.4) is 0 Å². The molecule has 0 unspecified atom stereocenters. The first-order valence-corrected chi connectivity index (χ1v) is 7.29. The normalized spacial score (nSPS) is 10.6. The fraction of sp³-hybridized carbons (Fsp3) is 0.294. The number of rotatable bonds is 5. The van der Waals surface area contributed by atoms with Crippen LogP contribution in [-0.4, -0.2) is 13.6 Å². The van der Waals surface area contributed by atoms with E-state index in [0.717, 1.165) is 29.5 Å². The van der Waals surface area contributed by atoms with Gasteiger partial charge in [0.1, 0.15) is 0 Å². The topological polar surface area (TPSA) is 15.3 Å². The molecule has 0 bridgehead atoms. The third kappa shape index (κ3) is 3.33. The molecular formula is C17H21ClN2. The average Bonchev–Trinajstić information content (AvgIpc) is 2.45. The summed E-state index contributed by atoms with van der Waals surface area (Å²) in [5, 5.41) is 4.14. The summed E-state index contributed by atoms with van der Waals surface area (Å²) in [5.74, 6) is 0. The van der Waals surface area contributed by atoms with Crippen molar-refractivity contribution in [3.8, 4) is 0 Å². The minimum atomic E-state index is 0.781. The van der Waals surface area contributed by atoms with Crippen molar-refractivity contribution in [1.82, 2.24) is 5.32 Å². The zero-order chi connectivity index (χ0) is 14.5. The summed E-state index contributed by atoms with van der Waals surface area (Å²) in [6.07, 6.45) is 0. The Morgan fingerprint density at radius 3 is 2.45 bits per heavy atom. The number of aryl methyl sites for hydroxylation is 1. The second kappa shape index (κ2) is 6.78. The predicted molar refractivity (Wildman–Crippen MR) is 88.1 cm³/mol. The van der Waals surface area contributed by atoms with Gasteiger partial charge in [0.05, 0.1) is 10.7 Å². The van der Waals surface area contributed by atoms with E-state index in [1.807, 2.05) is 12.1 Å². The molecule has 2 rings (SSSR count). The Hall–Kier alpha value is -1.51. The molecule has 20 heavy (non-hydrogen) atoms. The zero-order valence-corrected chi connectivity index (χ0v) is 13.0. The van der Waals surface area contributed by atoms with Crippen LogP contribution in [0.1, 0.15) is 18.1 Å². The first kappa shape index (κ1) is 14.9. The van der Waals surface area contributed by atoms with Gasteiger partial charge < -0.3 is 10.2 Å². The first-order chi connectivity index (χ1) is 9.63. The molecule has 3 heteroatoms. The molecular weight excluding hydrogens is 268 g/mol. The maximum Gasteiger partial charge on any atom is 0.0646 e. The van der Waals surface area contributed by atoms with Crippen molar-refractivity contribution < 1.29 is 0 Å². The van der Waals surface area contributed by atoms with Crippen LogP contribution in [-0.2, 0) is 6.54 Å². The van der Waals surface area contributed by atoms with Gasteiger partial charge in [-0.1, -0.05) is 48.4 Å². The van der Waals surface area contributed by atoms with Crippen LogP contribution in [0.25, 0.3) is 0 Å². The van der Waals surface area contributed by atoms with Gasteiger partial charge in [0, 0.05) is 19.3 Å². The summed E-state index contributed by atoms with van der Waals surface area (Å²) in [5.41, 5.74) is 4.68. The van der Waals surface area contributed by atoms with E-state index in [9.17, 15) is 0 Å². The molecule has 106 valence electrons. The molecule has 0 aromatic heterocycles. The Morgan fingerprint density at radius 1 is 1.10 bits per heavy atom. The van der Waals surface area contributed by atoms with Crippen LogP contribution < -0.4 is 10.2 Å². The fourth-order valence-corrected chi connectivity index (χ4v) is 2.56. The van der Waals surface area contributed by atoms with Crippen molar-refractivity contribution in [1.29, 1.82) is 0 Å². The minimum Gasteiger partial charge on any atom is -0.343 e. The van der Waals surface area contributed by atoms with E-state index in [2.05, 4.69) is 61.4 Å². The summed E-state index contributed by atoms with van der Waals surface area (Å²) in [6, 6.07) is 14.5. The van der Waals surface area contributed by atoms with Crippen molar-refractivity contribution in [3.05, 3.63) is 58.6 Å². The van der Waals surface area contributed by atoms with Crippen molar-refractivity contribution in [2.45, 2.75) is 20.4 Å². The highest BCUT2D eigenvalue weighted by Gasteiger charge is 2.12. The lowest BCUT2D eigenvalue weighted by molar-refractivity contribution is 0.726. The zero-order valence-electron chi connectivity index (χ0n) is 12.3. The largest absolute Gasteiger partial charge is 0.343 e. The summed E-state index contributed by atoms with van der Waals surface area (Å²) < 4.78 is 0. The summed E-state index contributed by atoms with van der Waals surface area (Å²) in [6.45, 7) is 5.96. The van der Waals surface area contributed by atoms with Gasteiger partial charge in [0.2, 0.25) is 0 Å². The van der Waals surface area contributed by atoms with Gasteiger partial charge in [0.25, 0.3) is 0 Å². The standard InChI is InChI=1S/C17H21ClN2/c1-4-19-12-14-6-5-7-16(18)17(14)20(3)15-10-8-13(2)9-11-15/h5-11,19H,4,12H2,1-3H3. The maximum atomic E-state index is 6.41. The molecule has 0 radical (unpaired) electrons. The molecule has 0 heterocycles. The summed E-state index contributed by atoms with van der Waals surface area (Å²) in [4.78, 5) is 2.15. The fourth-order valence-electron chi connectivity index (χ4n) is 2.24. The smallest absolute Gasteiger partial charge is 0.0646 e. The van der Waals surface area contributed by atoms with E-state index in [4.69, 9.17) is 11.6 Å². The number of hydrogen-bond donors (Lipinski definition) is 1. The minimum absolute atomic E-state index is 0.781. The molecule has 2 nitrogen and oxygen atoms in total. The lowest BCUT2D eigenvalue weighted by atomic mass is 10.1. The highest BCUT2D eigenvalue weighted by molar-refractivity contribution is 6.33. The van der Waals surface area contributed by atoms with Gasteiger partial charge in [-0.2, -0.15) is 0 Å². The quantitative estimate of drug-likeness (QED) is 0.870. The molecule has 0 amide bonds. The van der Waals surface area contributed by atoms with E-state index in [1.54, 1.807) is 0 Å². The predicted octanol–water partition coefficient (Wildman–Crippen LogP) is 4.53. The van der Waals surface area contributed by atoms with E-state index < -0.39 is 0 Å².